The fraction of sp³-hybridized carbons (Fsp3) is 0.636. The first-order chi connectivity index (χ1) is 15.3. The molecule has 1 aliphatic rings. The molecule has 1 saturated heterocycles. The minimum atomic E-state index is -0.525. The van der Waals surface area contributed by atoms with Gasteiger partial charge < -0.3 is 19.7 Å². The molecule has 0 aromatic carbocycles. The number of hydrogen-bond acceptors (Lipinski definition) is 7. The lowest BCUT2D eigenvalue weighted by Gasteiger charge is -2.31. The number of ether oxygens (including phenoxy) is 2. The number of carbonyl (C=O) groups is 2. The lowest BCUT2D eigenvalue weighted by molar-refractivity contribution is -0.133. The van der Waals surface area contributed by atoms with E-state index in [1.807, 2.05) is 18.7 Å². The Morgan fingerprint density at radius 3 is 2.69 bits per heavy atom. The van der Waals surface area contributed by atoms with E-state index in [2.05, 4.69) is 17.2 Å². The monoisotopic (exact) mass is 464 g/mol. The van der Waals surface area contributed by atoms with Crippen LogP contribution in [0.1, 0.15) is 48.8 Å². The molecule has 0 spiro atoms. The molecule has 1 aliphatic heterocycles. The Morgan fingerprint density at radius 1 is 1.31 bits per heavy atom. The number of likely N-dealkylation sites (tertiary alicyclic amines) is 1. The highest BCUT2D eigenvalue weighted by molar-refractivity contribution is 7.20. The Morgan fingerprint density at radius 2 is 2.03 bits per heavy atom. The average molecular weight is 465 g/mol. The molecule has 9 nitrogen and oxygen atoms in total. The zero-order valence-electron chi connectivity index (χ0n) is 19.2. The number of hydrogen-bond donors (Lipinski definition) is 1. The molecule has 10 heteroatoms. The van der Waals surface area contributed by atoms with Crippen molar-refractivity contribution in [2.24, 2.45) is 5.92 Å². The molecular formula is C22H32N4O5S. The summed E-state index contributed by atoms with van der Waals surface area (Å²) in [6.45, 7) is 10.1. The van der Waals surface area contributed by atoms with Crippen LogP contribution >= 0.6 is 11.3 Å². The first-order valence-electron chi connectivity index (χ1n) is 11.1. The van der Waals surface area contributed by atoms with Gasteiger partial charge in [-0.1, -0.05) is 6.92 Å². The van der Waals surface area contributed by atoms with Crippen molar-refractivity contribution in [3.8, 4) is 0 Å². The summed E-state index contributed by atoms with van der Waals surface area (Å²) in [5.41, 5.74) is 0.264. The molecule has 0 saturated carbocycles. The molecule has 3 rings (SSSR count). The number of amides is 2. The minimum Gasteiger partial charge on any atom is -0.351 e. The lowest BCUT2D eigenvalue weighted by atomic mass is 10.0. The molecule has 2 amide bonds. The molecule has 3 heterocycles. The predicted octanol–water partition coefficient (Wildman–Crippen LogP) is 2.15. The number of fused-ring (bicyclic) bond motifs is 1. The standard InChI is InChI=1S/C22H32N4O5S/c1-5-30-17(31-6-2)10-23-20(28)19-15(4)18-21(32-19)24-13-26(22(18)29)12-16(27)25-9-7-8-14(3)11-25/h13-14,17H,5-12H2,1-4H3,(H,23,28)/t14-/m0/s1. The van der Waals surface area contributed by atoms with Gasteiger partial charge in [0.05, 0.1) is 23.1 Å². The summed E-state index contributed by atoms with van der Waals surface area (Å²) >= 11 is 1.17. The molecule has 0 unspecified atom stereocenters. The highest BCUT2D eigenvalue weighted by Crippen LogP contribution is 2.26. The molecule has 0 aliphatic carbocycles. The van der Waals surface area contributed by atoms with Crippen molar-refractivity contribution in [2.45, 2.75) is 53.4 Å². The summed E-state index contributed by atoms with van der Waals surface area (Å²) in [6.07, 6.45) is 2.97. The lowest BCUT2D eigenvalue weighted by Crippen LogP contribution is -2.42. The topological polar surface area (TPSA) is 103 Å². The molecule has 1 N–H and O–H groups in total. The fourth-order valence-electron chi connectivity index (χ4n) is 3.94. The second-order valence-corrected chi connectivity index (χ2v) is 9.05. The van der Waals surface area contributed by atoms with Crippen molar-refractivity contribution in [2.75, 3.05) is 32.8 Å². The molecule has 2 aromatic heterocycles. The van der Waals surface area contributed by atoms with Crippen LogP contribution in [0.3, 0.4) is 0 Å². The van der Waals surface area contributed by atoms with E-state index in [4.69, 9.17) is 9.47 Å². The van der Waals surface area contributed by atoms with Crippen LogP contribution in [0.15, 0.2) is 11.1 Å². The van der Waals surface area contributed by atoms with Gasteiger partial charge in [-0.2, -0.15) is 0 Å². The van der Waals surface area contributed by atoms with Crippen molar-refractivity contribution in [1.29, 1.82) is 0 Å². The van der Waals surface area contributed by atoms with Crippen molar-refractivity contribution in [1.82, 2.24) is 19.8 Å². The number of aryl methyl sites for hydroxylation is 1. The molecule has 176 valence electrons. The maximum atomic E-state index is 13.1. The smallest absolute Gasteiger partial charge is 0.262 e. The first-order valence-corrected chi connectivity index (χ1v) is 11.9. The summed E-state index contributed by atoms with van der Waals surface area (Å²) in [4.78, 5) is 45.6. The van der Waals surface area contributed by atoms with Crippen LogP contribution in [-0.4, -0.2) is 65.4 Å². The number of nitrogens with zero attached hydrogens (tertiary/aromatic N) is 3. The maximum absolute atomic E-state index is 13.1. The van der Waals surface area contributed by atoms with Crippen LogP contribution in [0.25, 0.3) is 10.2 Å². The van der Waals surface area contributed by atoms with E-state index in [0.29, 0.717) is 39.8 Å². The second-order valence-electron chi connectivity index (χ2n) is 8.05. The van der Waals surface area contributed by atoms with Crippen LogP contribution < -0.4 is 10.9 Å². The first kappa shape index (κ1) is 24.3. The van der Waals surface area contributed by atoms with Gasteiger partial charge in [-0.3, -0.25) is 19.0 Å². The molecule has 1 atom stereocenters. The van der Waals surface area contributed by atoms with Crippen molar-refractivity contribution in [3.05, 3.63) is 27.1 Å². The normalized spacial score (nSPS) is 16.7. The van der Waals surface area contributed by atoms with E-state index in [1.54, 1.807) is 6.92 Å². The van der Waals surface area contributed by atoms with Gasteiger partial charge in [-0.15, -0.1) is 11.3 Å². The molecule has 32 heavy (non-hydrogen) atoms. The fourth-order valence-corrected chi connectivity index (χ4v) is 5.00. The van der Waals surface area contributed by atoms with Crippen LogP contribution in [0.4, 0.5) is 0 Å². The van der Waals surface area contributed by atoms with Gasteiger partial charge >= 0.3 is 0 Å². The SMILES string of the molecule is CCOC(CNC(=O)c1sc2ncn(CC(=O)N3CCC[C@H](C)C3)c(=O)c2c1C)OCC. The highest BCUT2D eigenvalue weighted by Gasteiger charge is 2.24. The molecule has 2 aromatic rings. The largest absolute Gasteiger partial charge is 0.351 e. The van der Waals surface area contributed by atoms with E-state index < -0.39 is 6.29 Å². The zero-order valence-corrected chi connectivity index (χ0v) is 20.0. The third-order valence-corrected chi connectivity index (χ3v) is 6.77. The van der Waals surface area contributed by atoms with Gasteiger partial charge in [0.15, 0.2) is 6.29 Å². The highest BCUT2D eigenvalue weighted by atomic mass is 32.1. The number of thiophene rings is 1. The Bertz CT molecular complexity index is 1010. The number of rotatable bonds is 9. The van der Waals surface area contributed by atoms with E-state index in [-0.39, 0.29) is 30.5 Å². The van der Waals surface area contributed by atoms with Crippen LogP contribution in [0, 0.1) is 12.8 Å². The minimum absolute atomic E-state index is 0.0459. The number of aromatic nitrogens is 2. The van der Waals surface area contributed by atoms with Crippen LogP contribution in [0.2, 0.25) is 0 Å². The molecule has 1 fully saturated rings. The van der Waals surface area contributed by atoms with Gasteiger partial charge in [-0.25, -0.2) is 4.98 Å². The summed E-state index contributed by atoms with van der Waals surface area (Å²) in [7, 11) is 0. The quantitative estimate of drug-likeness (QED) is 0.571. The Kier molecular flexibility index (Phi) is 8.38. The van der Waals surface area contributed by atoms with E-state index in [9.17, 15) is 14.4 Å². The molecule has 0 bridgehead atoms. The summed E-state index contributed by atoms with van der Waals surface area (Å²) in [5.74, 6) is 0.0815. The van der Waals surface area contributed by atoms with Crippen molar-refractivity contribution in [3.63, 3.8) is 0 Å². The van der Waals surface area contributed by atoms with Gasteiger partial charge in [0.25, 0.3) is 11.5 Å². The van der Waals surface area contributed by atoms with Crippen LogP contribution in [0.5, 0.6) is 0 Å². The van der Waals surface area contributed by atoms with Gasteiger partial charge in [0.2, 0.25) is 5.91 Å². The molecular weight excluding hydrogens is 432 g/mol. The van der Waals surface area contributed by atoms with Gasteiger partial charge in [0, 0.05) is 26.3 Å². The van der Waals surface area contributed by atoms with E-state index in [1.165, 1.54) is 22.2 Å². The Hall–Kier alpha value is -2.30. The van der Waals surface area contributed by atoms with Gasteiger partial charge in [0.1, 0.15) is 11.4 Å². The Balaban J connectivity index is 1.76. The average Bonchev–Trinajstić information content (AvgIpc) is 3.11. The summed E-state index contributed by atoms with van der Waals surface area (Å²) in [6, 6.07) is 0. The van der Waals surface area contributed by atoms with Gasteiger partial charge in [-0.05, 0) is 45.1 Å². The second kappa shape index (κ2) is 11.0. The molecule has 0 radical (unpaired) electrons. The number of piperidine rings is 1. The van der Waals surface area contributed by atoms with Crippen molar-refractivity contribution >= 4 is 33.4 Å². The predicted molar refractivity (Wildman–Crippen MR) is 123 cm³/mol. The maximum Gasteiger partial charge on any atom is 0.262 e. The van der Waals surface area contributed by atoms with E-state index in [0.717, 1.165) is 25.9 Å². The third-order valence-electron chi connectivity index (χ3n) is 5.57. The number of nitrogens with one attached hydrogen (secondary N) is 1. The van der Waals surface area contributed by atoms with Crippen LogP contribution in [-0.2, 0) is 20.8 Å². The zero-order chi connectivity index (χ0) is 23.3. The summed E-state index contributed by atoms with van der Waals surface area (Å²) < 4.78 is 12.2. The summed E-state index contributed by atoms with van der Waals surface area (Å²) in [5, 5.41) is 3.19. The Labute approximate surface area is 191 Å². The third kappa shape index (κ3) is 5.54. The number of carbonyl (C=O) groups excluding carboxylic acids is 2. The van der Waals surface area contributed by atoms with E-state index >= 15 is 0 Å². The van der Waals surface area contributed by atoms with Crippen molar-refractivity contribution < 1.29 is 19.1 Å².